The molecular formula is C20H23N3O2. The molecule has 130 valence electrons. The number of guanidine groups is 1. The zero-order valence-corrected chi connectivity index (χ0v) is 14.4. The number of fused-ring (bicyclic) bond motifs is 2. The van der Waals surface area contributed by atoms with E-state index in [1.54, 1.807) is 7.05 Å². The van der Waals surface area contributed by atoms with Crippen LogP contribution >= 0.6 is 0 Å². The first-order valence-electron chi connectivity index (χ1n) is 8.75. The van der Waals surface area contributed by atoms with E-state index in [9.17, 15) is 0 Å². The van der Waals surface area contributed by atoms with Gasteiger partial charge in [-0.05, 0) is 23.3 Å². The molecule has 0 amide bonds. The minimum Gasteiger partial charge on any atom is -0.488 e. The van der Waals surface area contributed by atoms with E-state index in [0.717, 1.165) is 43.4 Å². The molecule has 4 rings (SSSR count). The van der Waals surface area contributed by atoms with Gasteiger partial charge in [-0.3, -0.25) is 4.99 Å². The van der Waals surface area contributed by atoms with Crippen LogP contribution in [0.5, 0.6) is 11.5 Å². The Morgan fingerprint density at radius 3 is 1.80 bits per heavy atom. The zero-order valence-electron chi connectivity index (χ0n) is 14.4. The Kier molecular flexibility index (Phi) is 4.46. The minimum atomic E-state index is 0.142. The van der Waals surface area contributed by atoms with Gasteiger partial charge in [-0.25, -0.2) is 0 Å². The maximum absolute atomic E-state index is 5.95. The van der Waals surface area contributed by atoms with Gasteiger partial charge in [0.05, 0.1) is 13.1 Å². The molecule has 2 atom stereocenters. The first-order valence-corrected chi connectivity index (χ1v) is 8.75. The molecule has 0 fully saturated rings. The molecule has 5 heteroatoms. The second-order valence-corrected chi connectivity index (χ2v) is 6.44. The Hall–Kier alpha value is -2.69. The van der Waals surface area contributed by atoms with E-state index in [4.69, 9.17) is 9.47 Å². The van der Waals surface area contributed by atoms with Crippen molar-refractivity contribution in [1.82, 2.24) is 10.6 Å². The van der Waals surface area contributed by atoms with Gasteiger partial charge in [-0.1, -0.05) is 36.4 Å². The molecule has 2 aromatic rings. The summed E-state index contributed by atoms with van der Waals surface area (Å²) in [7, 11) is 1.78. The van der Waals surface area contributed by atoms with Gasteiger partial charge in [-0.15, -0.1) is 0 Å². The third kappa shape index (κ3) is 3.55. The van der Waals surface area contributed by atoms with Crippen LogP contribution in [0.4, 0.5) is 0 Å². The molecule has 0 bridgehead atoms. The van der Waals surface area contributed by atoms with E-state index in [1.165, 1.54) is 11.1 Å². The molecule has 0 saturated heterocycles. The van der Waals surface area contributed by atoms with Crippen molar-refractivity contribution >= 4 is 5.96 Å². The second-order valence-electron chi connectivity index (χ2n) is 6.44. The van der Waals surface area contributed by atoms with Gasteiger partial charge < -0.3 is 20.1 Å². The van der Waals surface area contributed by atoms with Gasteiger partial charge in [0.2, 0.25) is 0 Å². The van der Waals surface area contributed by atoms with Gasteiger partial charge in [0, 0.05) is 19.9 Å². The molecule has 25 heavy (non-hydrogen) atoms. The van der Waals surface area contributed by atoms with Gasteiger partial charge >= 0.3 is 0 Å². The maximum Gasteiger partial charge on any atom is 0.191 e. The van der Waals surface area contributed by atoms with Crippen LogP contribution in [-0.2, 0) is 12.8 Å². The molecule has 5 nitrogen and oxygen atoms in total. The third-order valence-electron chi connectivity index (χ3n) is 4.65. The quantitative estimate of drug-likeness (QED) is 0.663. The summed E-state index contributed by atoms with van der Waals surface area (Å²) < 4.78 is 11.9. The Balaban J connectivity index is 1.23. The van der Waals surface area contributed by atoms with Crippen molar-refractivity contribution in [1.29, 1.82) is 0 Å². The van der Waals surface area contributed by atoms with E-state index in [0.29, 0.717) is 0 Å². The fourth-order valence-corrected chi connectivity index (χ4v) is 3.38. The van der Waals surface area contributed by atoms with E-state index in [2.05, 4.69) is 39.9 Å². The van der Waals surface area contributed by atoms with Crippen molar-refractivity contribution in [2.45, 2.75) is 25.0 Å². The van der Waals surface area contributed by atoms with Gasteiger partial charge in [0.25, 0.3) is 0 Å². The topological polar surface area (TPSA) is 54.9 Å². The fourth-order valence-electron chi connectivity index (χ4n) is 3.38. The molecule has 0 saturated carbocycles. The van der Waals surface area contributed by atoms with E-state index in [1.807, 2.05) is 24.3 Å². The highest BCUT2D eigenvalue weighted by atomic mass is 16.5. The van der Waals surface area contributed by atoms with E-state index < -0.39 is 0 Å². The summed E-state index contributed by atoms with van der Waals surface area (Å²) in [5.41, 5.74) is 2.55. The number of para-hydroxylation sites is 2. The normalized spacial score (nSPS) is 20.0. The largest absolute Gasteiger partial charge is 0.488 e. The lowest BCUT2D eigenvalue weighted by molar-refractivity contribution is 0.230. The maximum atomic E-state index is 5.95. The molecule has 0 aromatic heterocycles. The zero-order chi connectivity index (χ0) is 17.1. The van der Waals surface area contributed by atoms with Crippen molar-refractivity contribution in [3.8, 4) is 11.5 Å². The predicted octanol–water partition coefficient (Wildman–Crippen LogP) is 2.16. The van der Waals surface area contributed by atoms with Crippen LogP contribution in [0, 0.1) is 0 Å². The highest BCUT2D eigenvalue weighted by molar-refractivity contribution is 5.79. The summed E-state index contributed by atoms with van der Waals surface area (Å²) in [5.74, 6) is 2.77. The summed E-state index contributed by atoms with van der Waals surface area (Å²) >= 11 is 0. The van der Waals surface area contributed by atoms with Gasteiger partial charge in [0.15, 0.2) is 5.96 Å². The fraction of sp³-hybridized carbons (Fsp3) is 0.350. The number of ether oxygens (including phenoxy) is 2. The van der Waals surface area contributed by atoms with Crippen molar-refractivity contribution < 1.29 is 9.47 Å². The summed E-state index contributed by atoms with van der Waals surface area (Å²) in [4.78, 5) is 4.29. The molecule has 2 heterocycles. The van der Waals surface area contributed by atoms with Crippen molar-refractivity contribution in [2.24, 2.45) is 4.99 Å². The van der Waals surface area contributed by atoms with Crippen LogP contribution in [0.25, 0.3) is 0 Å². The number of hydrogen-bond acceptors (Lipinski definition) is 3. The summed E-state index contributed by atoms with van der Waals surface area (Å²) in [6, 6.07) is 16.4. The second kappa shape index (κ2) is 7.05. The van der Waals surface area contributed by atoms with Crippen molar-refractivity contribution in [2.75, 3.05) is 20.1 Å². The molecule has 2 aromatic carbocycles. The summed E-state index contributed by atoms with van der Waals surface area (Å²) in [5, 5.41) is 6.70. The lowest BCUT2D eigenvalue weighted by Gasteiger charge is -2.17. The Morgan fingerprint density at radius 2 is 1.36 bits per heavy atom. The number of nitrogens with one attached hydrogen (secondary N) is 2. The van der Waals surface area contributed by atoms with Crippen LogP contribution in [0.1, 0.15) is 11.1 Å². The summed E-state index contributed by atoms with van der Waals surface area (Å²) in [6.07, 6.45) is 2.15. The number of nitrogens with zero attached hydrogens (tertiary/aromatic N) is 1. The summed E-state index contributed by atoms with van der Waals surface area (Å²) in [6.45, 7) is 1.44. The predicted molar refractivity (Wildman–Crippen MR) is 98.5 cm³/mol. The van der Waals surface area contributed by atoms with Gasteiger partial charge in [0.1, 0.15) is 23.7 Å². The van der Waals surface area contributed by atoms with Crippen molar-refractivity contribution in [3.63, 3.8) is 0 Å². The molecule has 2 aliphatic rings. The third-order valence-corrected chi connectivity index (χ3v) is 4.65. The Labute approximate surface area is 148 Å². The van der Waals surface area contributed by atoms with Gasteiger partial charge in [-0.2, -0.15) is 0 Å². The molecule has 0 radical (unpaired) electrons. The van der Waals surface area contributed by atoms with Crippen molar-refractivity contribution in [3.05, 3.63) is 59.7 Å². The molecular weight excluding hydrogens is 314 g/mol. The number of aliphatic imine (C=N–C) groups is 1. The molecule has 0 spiro atoms. The number of hydrogen-bond donors (Lipinski definition) is 2. The highest BCUT2D eigenvalue weighted by Gasteiger charge is 2.24. The smallest absolute Gasteiger partial charge is 0.191 e. The van der Waals surface area contributed by atoms with Crippen LogP contribution in [-0.4, -0.2) is 38.3 Å². The van der Waals surface area contributed by atoms with Crippen LogP contribution in [0.2, 0.25) is 0 Å². The average Bonchev–Trinajstić information content (AvgIpc) is 3.24. The lowest BCUT2D eigenvalue weighted by atomic mass is 10.1. The Bertz CT molecular complexity index is 664. The molecule has 0 aliphatic carbocycles. The molecule has 2 aliphatic heterocycles. The number of rotatable bonds is 4. The monoisotopic (exact) mass is 337 g/mol. The van der Waals surface area contributed by atoms with Crippen LogP contribution < -0.4 is 20.1 Å². The average molecular weight is 337 g/mol. The minimum absolute atomic E-state index is 0.142. The highest BCUT2D eigenvalue weighted by Crippen LogP contribution is 2.28. The first-order chi connectivity index (χ1) is 12.3. The van der Waals surface area contributed by atoms with E-state index >= 15 is 0 Å². The standard InChI is InChI=1S/C20H23N3O2/c1-21-20(22-12-16-10-14-6-2-4-8-18(14)24-16)23-13-17-11-15-7-3-5-9-19(15)25-17/h2-9,16-17H,10-13H2,1H3,(H2,21,22,23). The van der Waals surface area contributed by atoms with E-state index in [-0.39, 0.29) is 12.2 Å². The SMILES string of the molecule is CN=C(NCC1Cc2ccccc2O1)NCC1Cc2ccccc2O1. The first kappa shape index (κ1) is 15.8. The van der Waals surface area contributed by atoms with Crippen LogP contribution in [0.15, 0.2) is 53.5 Å². The Morgan fingerprint density at radius 1 is 0.880 bits per heavy atom. The number of benzene rings is 2. The molecule has 2 N–H and O–H groups in total. The molecule has 2 unspecified atom stereocenters. The van der Waals surface area contributed by atoms with Crippen LogP contribution in [0.3, 0.4) is 0 Å². The lowest BCUT2D eigenvalue weighted by Crippen LogP contribution is -2.45.